The number of H-pyrrole nitrogens is 1. The van der Waals surface area contributed by atoms with E-state index in [0.717, 1.165) is 31.4 Å². The number of nitrogens with one attached hydrogen (secondary N) is 2. The van der Waals surface area contributed by atoms with Crippen molar-refractivity contribution in [2.75, 3.05) is 18.4 Å². The summed E-state index contributed by atoms with van der Waals surface area (Å²) in [7, 11) is 0. The Morgan fingerprint density at radius 3 is 2.75 bits per heavy atom. The fraction of sp³-hybridized carbons (Fsp3) is 0.318. The minimum absolute atomic E-state index is 0.162. The number of halogens is 2. The lowest BCUT2D eigenvalue weighted by molar-refractivity contribution is -0.121. The molecule has 1 amide bonds. The van der Waals surface area contributed by atoms with Crippen molar-refractivity contribution in [3.63, 3.8) is 0 Å². The van der Waals surface area contributed by atoms with Crippen molar-refractivity contribution in [1.82, 2.24) is 9.88 Å². The molecular formula is C22H23ClFN3O. The fourth-order valence-corrected chi connectivity index (χ4v) is 4.18. The topological polar surface area (TPSA) is 48.1 Å². The summed E-state index contributed by atoms with van der Waals surface area (Å²) < 4.78 is 13.9. The second-order valence-corrected chi connectivity index (χ2v) is 7.83. The first-order valence-corrected chi connectivity index (χ1v) is 9.96. The molecule has 0 saturated carbocycles. The molecule has 0 spiro atoms. The van der Waals surface area contributed by atoms with E-state index in [0.29, 0.717) is 10.9 Å². The fourth-order valence-electron chi connectivity index (χ4n) is 4.02. The maximum atomic E-state index is 13.9. The number of aromatic amines is 1. The van der Waals surface area contributed by atoms with Crippen molar-refractivity contribution in [3.05, 3.63) is 65.1 Å². The highest BCUT2D eigenvalue weighted by Crippen LogP contribution is 2.33. The summed E-state index contributed by atoms with van der Waals surface area (Å²) in [6.07, 6.45) is 4.11. The molecule has 3 aromatic rings. The van der Waals surface area contributed by atoms with Gasteiger partial charge in [-0.25, -0.2) is 4.39 Å². The Labute approximate surface area is 168 Å². The molecule has 0 bridgehead atoms. The molecule has 28 heavy (non-hydrogen) atoms. The van der Waals surface area contributed by atoms with Crippen LogP contribution in [0.3, 0.4) is 0 Å². The van der Waals surface area contributed by atoms with Gasteiger partial charge in [-0.1, -0.05) is 29.8 Å². The zero-order valence-corrected chi connectivity index (χ0v) is 16.5. The smallest absolute Gasteiger partial charge is 0.241 e. The van der Waals surface area contributed by atoms with E-state index in [1.807, 2.05) is 13.0 Å². The number of hydrogen-bond donors (Lipinski definition) is 2. The molecule has 1 unspecified atom stereocenters. The summed E-state index contributed by atoms with van der Waals surface area (Å²) in [5, 5.41) is 4.27. The van der Waals surface area contributed by atoms with Crippen molar-refractivity contribution in [1.29, 1.82) is 0 Å². The van der Waals surface area contributed by atoms with E-state index in [4.69, 9.17) is 11.6 Å². The molecule has 1 aliphatic rings. The predicted molar refractivity (Wildman–Crippen MR) is 111 cm³/mol. The first-order valence-electron chi connectivity index (χ1n) is 9.59. The van der Waals surface area contributed by atoms with Crippen LogP contribution in [0.4, 0.5) is 10.1 Å². The van der Waals surface area contributed by atoms with E-state index in [2.05, 4.69) is 39.6 Å². The first kappa shape index (κ1) is 19.0. The van der Waals surface area contributed by atoms with Gasteiger partial charge in [0.05, 0.1) is 11.7 Å². The number of amides is 1. The average Bonchev–Trinajstić information content (AvgIpc) is 3.14. The lowest BCUT2D eigenvalue weighted by Crippen LogP contribution is -2.45. The van der Waals surface area contributed by atoms with Crippen molar-refractivity contribution in [3.8, 4) is 0 Å². The Bertz CT molecular complexity index is 994. The Balaban J connectivity index is 1.38. The number of nitrogens with zero attached hydrogens (tertiary/aromatic N) is 1. The van der Waals surface area contributed by atoms with Gasteiger partial charge in [-0.05, 0) is 68.6 Å². The number of carbonyl (C=O) groups is 1. The number of fused-ring (bicyclic) bond motifs is 1. The van der Waals surface area contributed by atoms with E-state index in [9.17, 15) is 9.18 Å². The maximum absolute atomic E-state index is 13.9. The van der Waals surface area contributed by atoms with E-state index >= 15 is 0 Å². The molecule has 1 fully saturated rings. The number of piperidine rings is 1. The van der Waals surface area contributed by atoms with Gasteiger partial charge in [0, 0.05) is 22.1 Å². The minimum atomic E-state index is -0.522. The van der Waals surface area contributed by atoms with Crippen LogP contribution < -0.4 is 5.32 Å². The third-order valence-electron chi connectivity index (χ3n) is 5.71. The van der Waals surface area contributed by atoms with Crippen molar-refractivity contribution < 1.29 is 9.18 Å². The predicted octanol–water partition coefficient (Wildman–Crippen LogP) is 5.17. The molecule has 2 aromatic carbocycles. The number of para-hydroxylation sites is 1. The molecule has 0 radical (unpaired) electrons. The molecule has 2 N–H and O–H groups in total. The van der Waals surface area contributed by atoms with Gasteiger partial charge in [0.2, 0.25) is 5.91 Å². The number of hydrogen-bond acceptors (Lipinski definition) is 2. The SMILES string of the molecule is CC(C(=O)Nc1ccc(Cl)cc1F)N1CCC(c2c[nH]c3ccccc23)CC1. The molecule has 1 aromatic heterocycles. The number of aromatic nitrogens is 1. The number of anilines is 1. The van der Waals surface area contributed by atoms with Gasteiger partial charge in [-0.2, -0.15) is 0 Å². The summed E-state index contributed by atoms with van der Waals surface area (Å²) >= 11 is 5.77. The Kier molecular flexibility index (Phi) is 5.38. The van der Waals surface area contributed by atoms with Crippen LogP contribution in [0.1, 0.15) is 31.2 Å². The summed E-state index contributed by atoms with van der Waals surface area (Å²) in [4.78, 5) is 18.1. The van der Waals surface area contributed by atoms with Gasteiger partial charge in [-0.3, -0.25) is 9.69 Å². The lowest BCUT2D eigenvalue weighted by atomic mass is 9.88. The zero-order chi connectivity index (χ0) is 19.7. The second kappa shape index (κ2) is 7.94. The van der Waals surface area contributed by atoms with Gasteiger partial charge >= 0.3 is 0 Å². The molecule has 146 valence electrons. The highest BCUT2D eigenvalue weighted by atomic mass is 35.5. The Morgan fingerprint density at radius 1 is 1.25 bits per heavy atom. The molecule has 4 rings (SSSR count). The summed E-state index contributed by atoms with van der Waals surface area (Å²) in [6.45, 7) is 3.54. The van der Waals surface area contributed by atoms with Gasteiger partial charge in [-0.15, -0.1) is 0 Å². The van der Waals surface area contributed by atoms with Crippen LogP contribution in [-0.4, -0.2) is 34.9 Å². The molecule has 1 atom stereocenters. The Morgan fingerprint density at radius 2 is 2.00 bits per heavy atom. The first-order chi connectivity index (χ1) is 13.5. The normalized spacial score (nSPS) is 17.0. The van der Waals surface area contributed by atoms with Crippen LogP contribution in [0.2, 0.25) is 5.02 Å². The summed E-state index contributed by atoms with van der Waals surface area (Å²) in [5.41, 5.74) is 2.68. The maximum Gasteiger partial charge on any atom is 0.241 e. The van der Waals surface area contributed by atoms with Crippen LogP contribution in [0.15, 0.2) is 48.7 Å². The number of carbonyl (C=O) groups excluding carboxylic acids is 1. The van der Waals surface area contributed by atoms with Crippen LogP contribution >= 0.6 is 11.6 Å². The molecule has 0 aliphatic carbocycles. The second-order valence-electron chi connectivity index (χ2n) is 7.39. The third-order valence-corrected chi connectivity index (χ3v) is 5.94. The monoisotopic (exact) mass is 399 g/mol. The molecule has 6 heteroatoms. The highest BCUT2D eigenvalue weighted by Gasteiger charge is 2.28. The lowest BCUT2D eigenvalue weighted by Gasteiger charge is -2.35. The molecule has 1 aliphatic heterocycles. The molecule has 2 heterocycles. The molecular weight excluding hydrogens is 377 g/mol. The van der Waals surface area contributed by atoms with Gasteiger partial charge in [0.15, 0.2) is 0 Å². The van der Waals surface area contributed by atoms with Gasteiger partial charge < -0.3 is 10.3 Å². The van der Waals surface area contributed by atoms with Crippen molar-refractivity contribution >= 4 is 34.1 Å². The van der Waals surface area contributed by atoms with E-state index < -0.39 is 5.82 Å². The highest BCUT2D eigenvalue weighted by molar-refractivity contribution is 6.30. The van der Waals surface area contributed by atoms with E-state index in [1.165, 1.54) is 23.1 Å². The van der Waals surface area contributed by atoms with E-state index in [-0.39, 0.29) is 17.6 Å². The standard InChI is InChI=1S/C22H23ClFN3O/c1-14(22(28)26-21-7-6-16(23)12-19(21)24)27-10-8-15(9-11-27)18-13-25-20-5-3-2-4-17(18)20/h2-7,12-15,25H,8-11H2,1H3,(H,26,28). The van der Waals surface area contributed by atoms with Crippen LogP contribution in [0, 0.1) is 5.82 Å². The van der Waals surface area contributed by atoms with Crippen molar-refractivity contribution in [2.45, 2.75) is 31.7 Å². The largest absolute Gasteiger partial charge is 0.361 e. The number of likely N-dealkylation sites (tertiary alicyclic amines) is 1. The zero-order valence-electron chi connectivity index (χ0n) is 15.7. The van der Waals surface area contributed by atoms with Gasteiger partial charge in [0.1, 0.15) is 5.82 Å². The third kappa shape index (κ3) is 3.77. The molecule has 4 nitrogen and oxygen atoms in total. The van der Waals surface area contributed by atoms with Gasteiger partial charge in [0.25, 0.3) is 0 Å². The van der Waals surface area contributed by atoms with E-state index in [1.54, 1.807) is 6.07 Å². The molecule has 1 saturated heterocycles. The quantitative estimate of drug-likeness (QED) is 0.636. The number of rotatable bonds is 4. The Hall–Kier alpha value is -2.37. The summed E-state index contributed by atoms with van der Waals surface area (Å²) in [5.74, 6) is -0.241. The van der Waals surface area contributed by atoms with Crippen LogP contribution in [0.5, 0.6) is 0 Å². The minimum Gasteiger partial charge on any atom is -0.361 e. The van der Waals surface area contributed by atoms with Crippen LogP contribution in [-0.2, 0) is 4.79 Å². The van der Waals surface area contributed by atoms with Crippen LogP contribution in [0.25, 0.3) is 10.9 Å². The number of benzene rings is 2. The summed E-state index contributed by atoms with van der Waals surface area (Å²) in [6, 6.07) is 12.3. The van der Waals surface area contributed by atoms with Crippen molar-refractivity contribution in [2.24, 2.45) is 0 Å². The average molecular weight is 400 g/mol.